The molecule has 0 aliphatic rings. The van der Waals surface area contributed by atoms with Crippen LogP contribution in [-0.4, -0.2) is 32.7 Å². The monoisotopic (exact) mass is 344 g/mol. The Hall–Kier alpha value is -1.58. The highest BCUT2D eigenvalue weighted by Gasteiger charge is 2.27. The van der Waals surface area contributed by atoms with Gasteiger partial charge in [-0.15, -0.1) is 23.1 Å². The van der Waals surface area contributed by atoms with E-state index in [2.05, 4.69) is 14.4 Å². The lowest BCUT2D eigenvalue weighted by Crippen LogP contribution is -2.16. The number of sulfonamides is 1. The molecule has 2 rings (SSSR count). The van der Waals surface area contributed by atoms with Crippen molar-refractivity contribution in [2.45, 2.75) is 9.10 Å². The molecule has 0 saturated carbocycles. The highest BCUT2D eigenvalue weighted by atomic mass is 32.2. The number of thiazole rings is 1. The van der Waals surface area contributed by atoms with Gasteiger partial charge in [-0.3, -0.25) is 4.72 Å². The molecule has 9 heteroatoms. The molecule has 0 radical (unpaired) electrons. The number of carbonyl (C=O) groups is 1. The summed E-state index contributed by atoms with van der Waals surface area (Å²) in [5.74, 6) is -0.783. The summed E-state index contributed by atoms with van der Waals surface area (Å²) in [6.45, 7) is 0. The summed E-state index contributed by atoms with van der Waals surface area (Å²) in [4.78, 5) is 16.1. The van der Waals surface area contributed by atoms with E-state index in [1.54, 1.807) is 18.2 Å². The number of esters is 1. The SMILES string of the molecule is COC(=O)c1ncsc1S(=O)(=O)Nc1ccccc1SC. The van der Waals surface area contributed by atoms with Crippen molar-refractivity contribution in [2.75, 3.05) is 18.1 Å². The number of methoxy groups -OCH3 is 1. The Morgan fingerprint density at radius 1 is 1.38 bits per heavy atom. The van der Waals surface area contributed by atoms with Crippen LogP contribution in [-0.2, 0) is 14.8 Å². The summed E-state index contributed by atoms with van der Waals surface area (Å²) in [6, 6.07) is 7.00. The van der Waals surface area contributed by atoms with Gasteiger partial charge >= 0.3 is 5.97 Å². The van der Waals surface area contributed by atoms with Crippen LogP contribution in [0.3, 0.4) is 0 Å². The highest BCUT2D eigenvalue weighted by Crippen LogP contribution is 2.29. The van der Waals surface area contributed by atoms with Crippen molar-refractivity contribution in [1.82, 2.24) is 4.98 Å². The molecular formula is C12H12N2O4S3. The van der Waals surface area contributed by atoms with Crippen molar-refractivity contribution < 1.29 is 17.9 Å². The van der Waals surface area contributed by atoms with Gasteiger partial charge < -0.3 is 4.74 Å². The second-order valence-electron chi connectivity index (χ2n) is 3.79. The van der Waals surface area contributed by atoms with Gasteiger partial charge in [-0.25, -0.2) is 18.2 Å². The number of hydrogen-bond acceptors (Lipinski definition) is 7. The fraction of sp³-hybridized carbons (Fsp3) is 0.167. The molecule has 0 saturated heterocycles. The van der Waals surface area contributed by atoms with Crippen LogP contribution in [0.1, 0.15) is 10.5 Å². The lowest BCUT2D eigenvalue weighted by Gasteiger charge is -2.10. The second-order valence-corrected chi connectivity index (χ2v) is 7.37. The topological polar surface area (TPSA) is 85.4 Å². The van der Waals surface area contributed by atoms with Gasteiger partial charge in [0, 0.05) is 4.90 Å². The van der Waals surface area contributed by atoms with Crippen molar-refractivity contribution in [3.63, 3.8) is 0 Å². The van der Waals surface area contributed by atoms with Crippen LogP contribution in [0, 0.1) is 0 Å². The summed E-state index contributed by atoms with van der Waals surface area (Å²) in [5.41, 5.74) is 1.53. The third kappa shape index (κ3) is 3.36. The van der Waals surface area contributed by atoms with Gasteiger partial charge in [-0.2, -0.15) is 0 Å². The number of nitrogens with one attached hydrogen (secondary N) is 1. The molecule has 0 bridgehead atoms. The third-order valence-electron chi connectivity index (χ3n) is 2.51. The maximum Gasteiger partial charge on any atom is 0.358 e. The summed E-state index contributed by atoms with van der Waals surface area (Å²) in [5, 5.41) is 0. The number of nitrogens with zero attached hydrogens (tertiary/aromatic N) is 1. The van der Waals surface area contributed by atoms with E-state index >= 15 is 0 Å². The zero-order valence-corrected chi connectivity index (χ0v) is 13.6. The maximum atomic E-state index is 12.4. The molecule has 112 valence electrons. The molecule has 0 amide bonds. The van der Waals surface area contributed by atoms with Crippen molar-refractivity contribution in [3.05, 3.63) is 35.5 Å². The van der Waals surface area contributed by atoms with Gasteiger partial charge in [0.2, 0.25) is 0 Å². The Bertz CT molecular complexity index is 755. The molecule has 6 nitrogen and oxygen atoms in total. The normalized spacial score (nSPS) is 11.1. The van der Waals surface area contributed by atoms with E-state index in [1.807, 2.05) is 12.3 Å². The Balaban J connectivity index is 2.40. The van der Waals surface area contributed by atoms with E-state index in [0.717, 1.165) is 16.2 Å². The average molecular weight is 344 g/mol. The van der Waals surface area contributed by atoms with Crippen LogP contribution in [0.2, 0.25) is 0 Å². The molecule has 1 N–H and O–H groups in total. The van der Waals surface area contributed by atoms with Gasteiger partial charge in [-0.05, 0) is 18.4 Å². The highest BCUT2D eigenvalue weighted by molar-refractivity contribution is 7.99. The number of para-hydroxylation sites is 1. The number of anilines is 1. The van der Waals surface area contributed by atoms with Gasteiger partial charge in [0.1, 0.15) is 0 Å². The summed E-state index contributed by atoms with van der Waals surface area (Å²) in [7, 11) is -2.72. The number of hydrogen-bond donors (Lipinski definition) is 1. The van der Waals surface area contributed by atoms with Crippen molar-refractivity contribution in [2.24, 2.45) is 0 Å². The fourth-order valence-corrected chi connectivity index (χ4v) is 4.41. The second kappa shape index (κ2) is 6.46. The predicted octanol–water partition coefficient (Wildman–Crippen LogP) is 2.45. The fourth-order valence-electron chi connectivity index (χ4n) is 1.58. The first-order chi connectivity index (χ1) is 9.99. The maximum absolute atomic E-state index is 12.4. The van der Waals surface area contributed by atoms with Gasteiger partial charge in [0.25, 0.3) is 10.0 Å². The Kier molecular flexibility index (Phi) is 4.86. The minimum Gasteiger partial charge on any atom is -0.464 e. The van der Waals surface area contributed by atoms with E-state index in [0.29, 0.717) is 5.69 Å². The molecule has 21 heavy (non-hydrogen) atoms. The molecule has 0 atom stereocenters. The molecule has 0 fully saturated rings. The Labute approximate surface area is 130 Å². The lowest BCUT2D eigenvalue weighted by atomic mass is 10.3. The van der Waals surface area contributed by atoms with E-state index in [-0.39, 0.29) is 9.90 Å². The summed E-state index contributed by atoms with van der Waals surface area (Å²) < 4.78 is 31.7. The zero-order valence-electron chi connectivity index (χ0n) is 11.2. The van der Waals surface area contributed by atoms with E-state index in [4.69, 9.17) is 0 Å². The first-order valence-electron chi connectivity index (χ1n) is 5.67. The zero-order chi connectivity index (χ0) is 15.5. The number of carbonyl (C=O) groups excluding carboxylic acids is 1. The summed E-state index contributed by atoms with van der Waals surface area (Å²) >= 11 is 2.28. The van der Waals surface area contributed by atoms with Crippen LogP contribution in [0.25, 0.3) is 0 Å². The number of aromatic nitrogens is 1. The molecule has 2 aromatic rings. The molecule has 1 aromatic heterocycles. The van der Waals surface area contributed by atoms with E-state index < -0.39 is 16.0 Å². The van der Waals surface area contributed by atoms with Crippen LogP contribution in [0.15, 0.2) is 38.9 Å². The molecular weight excluding hydrogens is 332 g/mol. The van der Waals surface area contributed by atoms with Crippen LogP contribution in [0.4, 0.5) is 5.69 Å². The molecule has 1 aromatic carbocycles. The molecule has 0 aliphatic carbocycles. The molecule has 0 spiro atoms. The molecule has 0 aliphatic heterocycles. The predicted molar refractivity (Wildman–Crippen MR) is 82.5 cm³/mol. The van der Waals surface area contributed by atoms with Gasteiger partial charge in [-0.1, -0.05) is 12.1 Å². The smallest absolute Gasteiger partial charge is 0.358 e. The van der Waals surface area contributed by atoms with E-state index in [1.165, 1.54) is 24.4 Å². The van der Waals surface area contributed by atoms with Crippen LogP contribution < -0.4 is 4.72 Å². The third-order valence-corrected chi connectivity index (χ3v) is 6.04. The van der Waals surface area contributed by atoms with Gasteiger partial charge in [0.05, 0.1) is 18.3 Å². The molecule has 1 heterocycles. The Morgan fingerprint density at radius 3 is 2.76 bits per heavy atom. The van der Waals surface area contributed by atoms with Gasteiger partial charge in [0.15, 0.2) is 9.90 Å². The first-order valence-corrected chi connectivity index (χ1v) is 9.26. The first kappa shape index (κ1) is 15.8. The Morgan fingerprint density at radius 2 is 2.10 bits per heavy atom. The van der Waals surface area contributed by atoms with E-state index in [9.17, 15) is 13.2 Å². The van der Waals surface area contributed by atoms with Crippen molar-refractivity contribution in [1.29, 1.82) is 0 Å². The number of rotatable bonds is 5. The average Bonchev–Trinajstić information content (AvgIpc) is 2.97. The minimum absolute atomic E-state index is 0.162. The minimum atomic E-state index is -3.90. The number of benzene rings is 1. The lowest BCUT2D eigenvalue weighted by molar-refractivity contribution is 0.0590. The van der Waals surface area contributed by atoms with Crippen LogP contribution >= 0.6 is 23.1 Å². The molecule has 0 unspecified atom stereocenters. The largest absolute Gasteiger partial charge is 0.464 e. The van der Waals surface area contributed by atoms with Crippen LogP contribution in [0.5, 0.6) is 0 Å². The van der Waals surface area contributed by atoms with Crippen molar-refractivity contribution >= 4 is 44.8 Å². The number of ether oxygens (including phenoxy) is 1. The van der Waals surface area contributed by atoms with Crippen molar-refractivity contribution in [3.8, 4) is 0 Å². The summed E-state index contributed by atoms with van der Waals surface area (Å²) in [6.07, 6.45) is 1.85. The number of thioether (sulfide) groups is 1. The quantitative estimate of drug-likeness (QED) is 0.662. The standard InChI is InChI=1S/C12H12N2O4S3/c1-18-11(15)10-12(20-7-13-10)21(16,17)14-8-5-3-4-6-9(8)19-2/h3-7,14H,1-2H3.